The van der Waals surface area contributed by atoms with Crippen LogP contribution in [0, 0.1) is 5.82 Å². The van der Waals surface area contributed by atoms with Gasteiger partial charge in [0, 0.05) is 17.9 Å². The summed E-state index contributed by atoms with van der Waals surface area (Å²) in [5.41, 5.74) is 2.17. The maximum Gasteiger partial charge on any atom is 0.229 e. The molecule has 2 N–H and O–H groups in total. The van der Waals surface area contributed by atoms with Gasteiger partial charge in [0.25, 0.3) is 0 Å². The van der Waals surface area contributed by atoms with E-state index in [9.17, 15) is 12.8 Å². The highest BCUT2D eigenvalue weighted by molar-refractivity contribution is 7.92. The van der Waals surface area contributed by atoms with E-state index in [1.807, 2.05) is 6.07 Å². The zero-order valence-electron chi connectivity index (χ0n) is 10.9. The quantitative estimate of drug-likeness (QED) is 0.891. The van der Waals surface area contributed by atoms with Crippen LogP contribution in [0.5, 0.6) is 0 Å². The first-order chi connectivity index (χ1) is 9.42. The molecule has 0 saturated carbocycles. The van der Waals surface area contributed by atoms with E-state index < -0.39 is 10.0 Å². The van der Waals surface area contributed by atoms with Crippen LogP contribution in [0.3, 0.4) is 0 Å². The minimum atomic E-state index is -3.26. The molecule has 0 aliphatic heterocycles. The van der Waals surface area contributed by atoms with Crippen LogP contribution < -0.4 is 10.0 Å². The molecule has 0 radical (unpaired) electrons. The van der Waals surface area contributed by atoms with Crippen molar-refractivity contribution in [2.45, 2.75) is 6.54 Å². The Morgan fingerprint density at radius 3 is 2.30 bits per heavy atom. The van der Waals surface area contributed by atoms with Crippen molar-refractivity contribution >= 4 is 21.4 Å². The fourth-order valence-corrected chi connectivity index (χ4v) is 2.29. The molecule has 6 heteroatoms. The summed E-state index contributed by atoms with van der Waals surface area (Å²) >= 11 is 0. The SMILES string of the molecule is CS(=O)(=O)Nc1ccc(NCc2cccc(F)c2)cc1. The summed E-state index contributed by atoms with van der Waals surface area (Å²) < 4.78 is 37.5. The minimum absolute atomic E-state index is 0.267. The second-order valence-corrected chi connectivity index (χ2v) is 6.18. The van der Waals surface area contributed by atoms with Crippen LogP contribution in [0.25, 0.3) is 0 Å². The second kappa shape index (κ2) is 5.92. The molecule has 0 bridgehead atoms. The minimum Gasteiger partial charge on any atom is -0.381 e. The Hall–Kier alpha value is -2.08. The molecule has 0 spiro atoms. The molecule has 4 nitrogen and oxygen atoms in total. The maximum absolute atomic E-state index is 13.0. The first kappa shape index (κ1) is 14.3. The van der Waals surface area contributed by atoms with Gasteiger partial charge < -0.3 is 5.32 Å². The predicted octanol–water partition coefficient (Wildman–Crippen LogP) is 2.81. The number of hydrogen-bond acceptors (Lipinski definition) is 3. The number of anilines is 2. The van der Waals surface area contributed by atoms with Gasteiger partial charge in [-0.1, -0.05) is 12.1 Å². The molecular weight excluding hydrogens is 279 g/mol. The summed E-state index contributed by atoms with van der Waals surface area (Å²) in [6.45, 7) is 0.497. The average molecular weight is 294 g/mol. The van der Waals surface area contributed by atoms with Crippen LogP contribution in [-0.4, -0.2) is 14.7 Å². The lowest BCUT2D eigenvalue weighted by Crippen LogP contribution is -2.09. The van der Waals surface area contributed by atoms with Crippen molar-refractivity contribution in [3.63, 3.8) is 0 Å². The Kier molecular flexibility index (Phi) is 4.24. The summed E-state index contributed by atoms with van der Waals surface area (Å²) in [7, 11) is -3.26. The van der Waals surface area contributed by atoms with Crippen molar-refractivity contribution in [1.82, 2.24) is 0 Å². The molecule has 0 unspecified atom stereocenters. The van der Waals surface area contributed by atoms with E-state index >= 15 is 0 Å². The normalized spacial score (nSPS) is 11.1. The molecule has 2 aromatic carbocycles. The summed E-state index contributed by atoms with van der Waals surface area (Å²) in [5.74, 6) is -0.267. The van der Waals surface area contributed by atoms with E-state index in [0.29, 0.717) is 12.2 Å². The Morgan fingerprint density at radius 1 is 1.05 bits per heavy atom. The van der Waals surface area contributed by atoms with Gasteiger partial charge in [-0.2, -0.15) is 0 Å². The Bertz CT molecular complexity index is 685. The highest BCUT2D eigenvalue weighted by Crippen LogP contribution is 2.15. The smallest absolute Gasteiger partial charge is 0.229 e. The van der Waals surface area contributed by atoms with E-state index in [0.717, 1.165) is 17.5 Å². The third-order valence-electron chi connectivity index (χ3n) is 2.57. The lowest BCUT2D eigenvalue weighted by molar-refractivity contribution is 0.607. The molecule has 0 heterocycles. The average Bonchev–Trinajstić information content (AvgIpc) is 2.36. The lowest BCUT2D eigenvalue weighted by Gasteiger charge is -2.08. The number of benzene rings is 2. The fraction of sp³-hybridized carbons (Fsp3) is 0.143. The molecule has 106 valence electrons. The van der Waals surface area contributed by atoms with Gasteiger partial charge in [-0.15, -0.1) is 0 Å². The maximum atomic E-state index is 13.0. The third kappa shape index (κ3) is 4.55. The number of halogens is 1. The molecule has 2 rings (SSSR count). The van der Waals surface area contributed by atoms with Gasteiger partial charge in [0.2, 0.25) is 10.0 Å². The van der Waals surface area contributed by atoms with Crippen molar-refractivity contribution in [2.24, 2.45) is 0 Å². The number of hydrogen-bond donors (Lipinski definition) is 2. The molecule has 20 heavy (non-hydrogen) atoms. The van der Waals surface area contributed by atoms with Gasteiger partial charge in [-0.05, 0) is 42.0 Å². The van der Waals surface area contributed by atoms with Gasteiger partial charge in [0.05, 0.1) is 6.26 Å². The van der Waals surface area contributed by atoms with E-state index in [-0.39, 0.29) is 5.82 Å². The zero-order chi connectivity index (χ0) is 14.6. The second-order valence-electron chi connectivity index (χ2n) is 4.44. The first-order valence-electron chi connectivity index (χ1n) is 5.98. The first-order valence-corrected chi connectivity index (χ1v) is 7.88. The Morgan fingerprint density at radius 2 is 1.70 bits per heavy atom. The predicted molar refractivity (Wildman–Crippen MR) is 78.6 cm³/mol. The monoisotopic (exact) mass is 294 g/mol. The molecule has 0 amide bonds. The highest BCUT2D eigenvalue weighted by Gasteiger charge is 2.01. The van der Waals surface area contributed by atoms with Gasteiger partial charge in [-0.25, -0.2) is 12.8 Å². The van der Waals surface area contributed by atoms with Crippen molar-refractivity contribution in [3.8, 4) is 0 Å². The molecule has 0 saturated heterocycles. The molecular formula is C14H15FN2O2S. The molecule has 0 fully saturated rings. The fourth-order valence-electron chi connectivity index (χ4n) is 1.72. The van der Waals surface area contributed by atoms with Crippen LogP contribution in [-0.2, 0) is 16.6 Å². The third-order valence-corrected chi connectivity index (χ3v) is 3.18. The van der Waals surface area contributed by atoms with Crippen molar-refractivity contribution in [1.29, 1.82) is 0 Å². The van der Waals surface area contributed by atoms with Crippen LogP contribution in [0.2, 0.25) is 0 Å². The molecule has 0 aliphatic carbocycles. The summed E-state index contributed by atoms with van der Waals surface area (Å²) in [4.78, 5) is 0. The van der Waals surface area contributed by atoms with Crippen LogP contribution >= 0.6 is 0 Å². The topological polar surface area (TPSA) is 58.2 Å². The zero-order valence-corrected chi connectivity index (χ0v) is 11.7. The van der Waals surface area contributed by atoms with Gasteiger partial charge in [-0.3, -0.25) is 4.72 Å². The molecule has 0 atom stereocenters. The Balaban J connectivity index is 1.97. The van der Waals surface area contributed by atoms with E-state index in [4.69, 9.17) is 0 Å². The molecule has 0 aliphatic rings. The van der Waals surface area contributed by atoms with Crippen molar-refractivity contribution in [3.05, 3.63) is 59.9 Å². The van der Waals surface area contributed by atoms with Crippen molar-refractivity contribution in [2.75, 3.05) is 16.3 Å². The van der Waals surface area contributed by atoms with Crippen LogP contribution in [0.1, 0.15) is 5.56 Å². The summed E-state index contributed by atoms with van der Waals surface area (Å²) in [6.07, 6.45) is 1.10. The summed E-state index contributed by atoms with van der Waals surface area (Å²) in [6, 6.07) is 13.2. The number of sulfonamides is 1. The van der Waals surface area contributed by atoms with Crippen molar-refractivity contribution < 1.29 is 12.8 Å². The number of rotatable bonds is 5. The van der Waals surface area contributed by atoms with Gasteiger partial charge in [0.15, 0.2) is 0 Å². The number of nitrogens with one attached hydrogen (secondary N) is 2. The lowest BCUT2D eigenvalue weighted by atomic mass is 10.2. The molecule has 2 aromatic rings. The largest absolute Gasteiger partial charge is 0.381 e. The van der Waals surface area contributed by atoms with E-state index in [2.05, 4.69) is 10.0 Å². The van der Waals surface area contributed by atoms with Crippen LogP contribution in [0.15, 0.2) is 48.5 Å². The Labute approximate surface area is 117 Å². The molecule has 0 aromatic heterocycles. The van der Waals surface area contributed by atoms with Gasteiger partial charge >= 0.3 is 0 Å². The van der Waals surface area contributed by atoms with E-state index in [1.165, 1.54) is 12.1 Å². The van der Waals surface area contributed by atoms with Crippen LogP contribution in [0.4, 0.5) is 15.8 Å². The van der Waals surface area contributed by atoms with E-state index in [1.54, 1.807) is 30.3 Å². The van der Waals surface area contributed by atoms with Gasteiger partial charge in [0.1, 0.15) is 5.82 Å². The highest BCUT2D eigenvalue weighted by atomic mass is 32.2. The standard InChI is InChI=1S/C14H15FN2O2S/c1-20(18,19)17-14-7-5-13(6-8-14)16-10-11-3-2-4-12(15)9-11/h2-9,16-17H,10H2,1H3. The summed E-state index contributed by atoms with van der Waals surface area (Å²) in [5, 5.41) is 3.13.